The number of nitro groups is 1. The molecular formula is C19H19N5O4S. The van der Waals surface area contributed by atoms with Crippen molar-refractivity contribution in [2.24, 2.45) is 7.05 Å². The van der Waals surface area contributed by atoms with Crippen molar-refractivity contribution >= 4 is 29.0 Å². The molecule has 0 aliphatic carbocycles. The molecule has 3 rings (SSSR count). The molecule has 0 fully saturated rings. The second-order valence-electron chi connectivity index (χ2n) is 6.16. The first-order valence-corrected chi connectivity index (χ1v) is 9.59. The lowest BCUT2D eigenvalue weighted by Crippen LogP contribution is -2.14. The molecule has 0 unspecified atom stereocenters. The predicted molar refractivity (Wildman–Crippen MR) is 110 cm³/mol. The molecule has 1 amide bonds. The van der Waals surface area contributed by atoms with Crippen LogP contribution in [0.1, 0.15) is 5.56 Å². The minimum Gasteiger partial charge on any atom is -0.496 e. The van der Waals surface area contributed by atoms with Crippen LogP contribution in [0.5, 0.6) is 5.75 Å². The van der Waals surface area contributed by atoms with Gasteiger partial charge in [-0.15, -0.1) is 10.2 Å². The maximum absolute atomic E-state index is 12.3. The molecule has 0 spiro atoms. The molecule has 0 aliphatic heterocycles. The minimum atomic E-state index is -0.474. The maximum atomic E-state index is 12.3. The van der Waals surface area contributed by atoms with E-state index in [1.54, 1.807) is 30.7 Å². The van der Waals surface area contributed by atoms with Crippen molar-refractivity contribution in [2.75, 3.05) is 18.2 Å². The molecule has 1 N–H and O–H groups in total. The Bertz CT molecular complexity index is 1070. The summed E-state index contributed by atoms with van der Waals surface area (Å²) in [7, 11) is 3.40. The average Bonchev–Trinajstić information content (AvgIpc) is 3.07. The number of methoxy groups -OCH3 is 1. The minimum absolute atomic E-state index is 0.0368. The lowest BCUT2D eigenvalue weighted by atomic mass is 10.2. The summed E-state index contributed by atoms with van der Waals surface area (Å²) in [5.74, 6) is 1.09. The second-order valence-corrected chi connectivity index (χ2v) is 7.10. The first-order valence-electron chi connectivity index (χ1n) is 8.61. The van der Waals surface area contributed by atoms with Crippen LogP contribution in [0.3, 0.4) is 0 Å². The summed E-state index contributed by atoms with van der Waals surface area (Å²) in [4.78, 5) is 22.8. The number of aryl methyl sites for hydroxylation is 1. The molecule has 29 heavy (non-hydrogen) atoms. The second kappa shape index (κ2) is 8.74. The van der Waals surface area contributed by atoms with Crippen LogP contribution in [0.25, 0.3) is 11.4 Å². The fraction of sp³-hybridized carbons (Fsp3) is 0.211. The van der Waals surface area contributed by atoms with Gasteiger partial charge >= 0.3 is 0 Å². The smallest absolute Gasteiger partial charge is 0.274 e. The standard InChI is InChI=1S/C19H19N5O4S/c1-12-8-9-13(10-15(12)24(26)27)20-17(25)11-29-19-22-21-18(23(19)2)14-6-4-5-7-16(14)28-3/h4-10H,11H2,1-3H3,(H,20,25). The number of amides is 1. The third kappa shape index (κ3) is 4.54. The summed E-state index contributed by atoms with van der Waals surface area (Å²) in [5.41, 5.74) is 1.67. The number of thioether (sulfide) groups is 1. The molecule has 150 valence electrons. The van der Waals surface area contributed by atoms with E-state index in [4.69, 9.17) is 4.74 Å². The molecule has 3 aromatic rings. The van der Waals surface area contributed by atoms with E-state index >= 15 is 0 Å². The number of nitrogens with zero attached hydrogens (tertiary/aromatic N) is 4. The zero-order valence-electron chi connectivity index (χ0n) is 16.1. The van der Waals surface area contributed by atoms with Gasteiger partial charge in [-0.05, 0) is 25.1 Å². The topological polar surface area (TPSA) is 112 Å². The summed E-state index contributed by atoms with van der Waals surface area (Å²) in [6.07, 6.45) is 0. The lowest BCUT2D eigenvalue weighted by molar-refractivity contribution is -0.385. The van der Waals surface area contributed by atoms with Crippen LogP contribution in [0.2, 0.25) is 0 Å². The highest BCUT2D eigenvalue weighted by Gasteiger charge is 2.17. The number of rotatable bonds is 7. The van der Waals surface area contributed by atoms with Crippen LogP contribution in [-0.4, -0.2) is 38.5 Å². The van der Waals surface area contributed by atoms with Crippen molar-refractivity contribution in [3.63, 3.8) is 0 Å². The van der Waals surface area contributed by atoms with Crippen LogP contribution >= 0.6 is 11.8 Å². The summed E-state index contributed by atoms with van der Waals surface area (Å²) in [6, 6.07) is 12.1. The molecule has 9 nitrogen and oxygen atoms in total. The van der Waals surface area contributed by atoms with E-state index in [0.717, 1.165) is 5.56 Å². The van der Waals surface area contributed by atoms with Gasteiger partial charge in [0.2, 0.25) is 5.91 Å². The normalized spacial score (nSPS) is 10.6. The van der Waals surface area contributed by atoms with E-state index in [1.807, 2.05) is 31.3 Å². The number of ether oxygens (including phenoxy) is 1. The van der Waals surface area contributed by atoms with Gasteiger partial charge in [-0.3, -0.25) is 14.9 Å². The number of carbonyl (C=O) groups is 1. The van der Waals surface area contributed by atoms with Gasteiger partial charge in [0.15, 0.2) is 11.0 Å². The molecule has 0 atom stereocenters. The summed E-state index contributed by atoms with van der Waals surface area (Å²) >= 11 is 1.22. The number of nitro benzene ring substituents is 1. The fourth-order valence-electron chi connectivity index (χ4n) is 2.72. The Morgan fingerprint density at radius 1 is 1.28 bits per heavy atom. The molecule has 0 radical (unpaired) electrons. The van der Waals surface area contributed by atoms with E-state index in [-0.39, 0.29) is 17.3 Å². The third-order valence-electron chi connectivity index (χ3n) is 4.20. The van der Waals surface area contributed by atoms with E-state index in [9.17, 15) is 14.9 Å². The highest BCUT2D eigenvalue weighted by atomic mass is 32.2. The van der Waals surface area contributed by atoms with Crippen molar-refractivity contribution in [1.82, 2.24) is 14.8 Å². The van der Waals surface area contributed by atoms with Crippen LogP contribution in [-0.2, 0) is 11.8 Å². The molecule has 0 bridgehead atoms. The average molecular weight is 413 g/mol. The molecule has 10 heteroatoms. The van der Waals surface area contributed by atoms with Crippen LogP contribution < -0.4 is 10.1 Å². The Hall–Kier alpha value is -3.40. The third-order valence-corrected chi connectivity index (χ3v) is 5.22. The molecule has 0 saturated carbocycles. The van der Waals surface area contributed by atoms with Crippen LogP contribution in [0, 0.1) is 17.0 Å². The van der Waals surface area contributed by atoms with Gasteiger partial charge < -0.3 is 14.6 Å². The van der Waals surface area contributed by atoms with Gasteiger partial charge in [-0.25, -0.2) is 0 Å². The number of hydrogen-bond donors (Lipinski definition) is 1. The van der Waals surface area contributed by atoms with Crippen molar-refractivity contribution in [3.8, 4) is 17.1 Å². The number of para-hydroxylation sites is 1. The van der Waals surface area contributed by atoms with Gasteiger partial charge in [-0.2, -0.15) is 0 Å². The number of carbonyl (C=O) groups excluding carboxylic acids is 1. The lowest BCUT2D eigenvalue weighted by Gasteiger charge is -2.08. The zero-order valence-corrected chi connectivity index (χ0v) is 16.9. The number of benzene rings is 2. The summed E-state index contributed by atoms with van der Waals surface area (Å²) < 4.78 is 7.15. The van der Waals surface area contributed by atoms with Crippen molar-refractivity contribution in [1.29, 1.82) is 0 Å². The van der Waals surface area contributed by atoms with E-state index in [1.165, 1.54) is 17.8 Å². The Balaban J connectivity index is 1.68. The highest BCUT2D eigenvalue weighted by molar-refractivity contribution is 7.99. The number of anilines is 1. The summed E-state index contributed by atoms with van der Waals surface area (Å²) in [6.45, 7) is 1.65. The first-order chi connectivity index (χ1) is 13.9. The number of hydrogen-bond acceptors (Lipinski definition) is 7. The largest absolute Gasteiger partial charge is 0.496 e. The van der Waals surface area contributed by atoms with Gasteiger partial charge in [0.05, 0.1) is 23.3 Å². The number of nitrogens with one attached hydrogen (secondary N) is 1. The van der Waals surface area contributed by atoms with Crippen LogP contribution in [0.15, 0.2) is 47.6 Å². The Morgan fingerprint density at radius 3 is 2.76 bits per heavy atom. The zero-order chi connectivity index (χ0) is 21.0. The summed E-state index contributed by atoms with van der Waals surface area (Å²) in [5, 5.41) is 22.6. The Labute approximate surface area is 171 Å². The molecular weight excluding hydrogens is 394 g/mol. The molecule has 0 aliphatic rings. The van der Waals surface area contributed by atoms with Crippen LogP contribution in [0.4, 0.5) is 11.4 Å². The highest BCUT2D eigenvalue weighted by Crippen LogP contribution is 2.30. The molecule has 0 saturated heterocycles. The van der Waals surface area contributed by atoms with Gasteiger partial charge in [-0.1, -0.05) is 30.0 Å². The Kier molecular flexibility index (Phi) is 6.13. The van der Waals surface area contributed by atoms with Gasteiger partial charge in [0, 0.05) is 24.4 Å². The monoisotopic (exact) mass is 413 g/mol. The predicted octanol–water partition coefficient (Wildman–Crippen LogP) is 3.44. The van der Waals surface area contributed by atoms with Gasteiger partial charge in [0.1, 0.15) is 5.75 Å². The quantitative estimate of drug-likeness (QED) is 0.359. The van der Waals surface area contributed by atoms with E-state index in [2.05, 4.69) is 15.5 Å². The molecule has 1 heterocycles. The van der Waals surface area contributed by atoms with E-state index in [0.29, 0.717) is 28.0 Å². The maximum Gasteiger partial charge on any atom is 0.274 e. The SMILES string of the molecule is COc1ccccc1-c1nnc(SCC(=O)Nc2ccc(C)c([N+](=O)[O-])c2)n1C. The number of aromatic nitrogens is 3. The van der Waals surface area contributed by atoms with Crippen molar-refractivity contribution < 1.29 is 14.5 Å². The molecule has 2 aromatic carbocycles. The van der Waals surface area contributed by atoms with E-state index < -0.39 is 4.92 Å². The Morgan fingerprint density at radius 2 is 2.03 bits per heavy atom. The molecule has 1 aromatic heterocycles. The van der Waals surface area contributed by atoms with Crippen molar-refractivity contribution in [2.45, 2.75) is 12.1 Å². The fourth-order valence-corrected chi connectivity index (χ4v) is 3.43. The van der Waals surface area contributed by atoms with Gasteiger partial charge in [0.25, 0.3) is 5.69 Å². The van der Waals surface area contributed by atoms with Crippen molar-refractivity contribution in [3.05, 3.63) is 58.1 Å². The first kappa shape index (κ1) is 20.3.